The summed E-state index contributed by atoms with van der Waals surface area (Å²) in [6.45, 7) is 0. The number of hydrogen-bond donors (Lipinski definition) is 0. The Balaban J connectivity index is 1.57. The molecule has 0 aliphatic heterocycles. The van der Waals surface area contributed by atoms with E-state index in [-0.39, 0.29) is 10.7 Å². The smallest absolute Gasteiger partial charge is 0.175 e. The molecule has 182 valence electrons. The number of hydrogen-bond acceptors (Lipinski definition) is 6. The van der Waals surface area contributed by atoms with Gasteiger partial charge in [-0.3, -0.25) is 4.98 Å². The summed E-state index contributed by atoms with van der Waals surface area (Å²) in [5.74, 6) is 0.144. The largest absolute Gasteiger partial charge is 0.252 e. The van der Waals surface area contributed by atoms with Crippen LogP contribution in [0.25, 0.3) is 33.3 Å². The summed E-state index contributed by atoms with van der Waals surface area (Å²) in [5.41, 5.74) is 4.74. The van der Waals surface area contributed by atoms with Crippen molar-refractivity contribution < 1.29 is 12.8 Å². The van der Waals surface area contributed by atoms with E-state index in [2.05, 4.69) is 6.07 Å². The lowest BCUT2D eigenvalue weighted by atomic mass is 9.98. The summed E-state index contributed by atoms with van der Waals surface area (Å²) in [6.07, 6.45) is 1.15. The van der Waals surface area contributed by atoms with Gasteiger partial charge in [-0.15, -0.1) is 0 Å². The molecular formula is C29H20FN3O2S2. The first-order valence-corrected chi connectivity index (χ1v) is 14.2. The van der Waals surface area contributed by atoms with Crippen molar-refractivity contribution >= 4 is 32.5 Å². The van der Waals surface area contributed by atoms with E-state index >= 15 is 0 Å². The Morgan fingerprint density at radius 1 is 0.892 bits per heavy atom. The van der Waals surface area contributed by atoms with Crippen molar-refractivity contribution in [3.63, 3.8) is 0 Å². The summed E-state index contributed by atoms with van der Waals surface area (Å²) in [5, 5.41) is 11.5. The van der Waals surface area contributed by atoms with E-state index in [1.54, 1.807) is 30.3 Å². The zero-order valence-electron chi connectivity index (χ0n) is 19.7. The number of benzene rings is 3. The van der Waals surface area contributed by atoms with Crippen LogP contribution in [-0.4, -0.2) is 24.6 Å². The molecule has 0 fully saturated rings. The molecule has 0 aliphatic carbocycles. The molecule has 0 saturated heterocycles. The van der Waals surface area contributed by atoms with Crippen LogP contribution < -0.4 is 0 Å². The van der Waals surface area contributed by atoms with E-state index in [9.17, 15) is 18.1 Å². The molecule has 0 unspecified atom stereocenters. The van der Waals surface area contributed by atoms with Gasteiger partial charge in [0.05, 0.1) is 27.4 Å². The van der Waals surface area contributed by atoms with Crippen LogP contribution in [0, 0.1) is 17.1 Å². The predicted octanol–water partition coefficient (Wildman–Crippen LogP) is 6.67. The third-order valence-electron chi connectivity index (χ3n) is 5.83. The van der Waals surface area contributed by atoms with Gasteiger partial charge in [0, 0.05) is 28.5 Å². The van der Waals surface area contributed by atoms with Crippen LogP contribution in [0.3, 0.4) is 0 Å². The normalized spacial score (nSPS) is 11.4. The lowest BCUT2D eigenvalue weighted by Crippen LogP contribution is -1.98. The first kappa shape index (κ1) is 24.6. The second-order valence-electron chi connectivity index (χ2n) is 8.44. The Labute approximate surface area is 218 Å². The van der Waals surface area contributed by atoms with Crippen LogP contribution in [0.1, 0.15) is 11.3 Å². The van der Waals surface area contributed by atoms with Gasteiger partial charge in [0.25, 0.3) is 0 Å². The maximum absolute atomic E-state index is 13.7. The van der Waals surface area contributed by atoms with E-state index < -0.39 is 9.84 Å². The van der Waals surface area contributed by atoms with Crippen LogP contribution in [-0.2, 0) is 15.6 Å². The third kappa shape index (κ3) is 5.38. The van der Waals surface area contributed by atoms with E-state index in [0.717, 1.165) is 22.9 Å². The van der Waals surface area contributed by atoms with E-state index in [1.807, 2.05) is 36.4 Å². The number of halogens is 1. The molecule has 0 amide bonds. The predicted molar refractivity (Wildman–Crippen MR) is 144 cm³/mol. The molecule has 0 aliphatic rings. The molecule has 8 heteroatoms. The number of thioether (sulfide) groups is 1. The quantitative estimate of drug-likeness (QED) is 0.230. The van der Waals surface area contributed by atoms with Crippen molar-refractivity contribution in [2.45, 2.75) is 15.7 Å². The summed E-state index contributed by atoms with van der Waals surface area (Å²) in [7, 11) is -3.35. The van der Waals surface area contributed by atoms with E-state index in [0.29, 0.717) is 38.7 Å². The molecule has 0 atom stereocenters. The summed E-state index contributed by atoms with van der Waals surface area (Å²) in [4.78, 5) is 9.74. The van der Waals surface area contributed by atoms with Gasteiger partial charge in [-0.05, 0) is 60.2 Å². The second kappa shape index (κ2) is 10.1. The minimum atomic E-state index is -3.35. The Morgan fingerprint density at radius 3 is 2.30 bits per heavy atom. The minimum absolute atomic E-state index is 0.197. The highest BCUT2D eigenvalue weighted by molar-refractivity contribution is 7.98. The Bertz CT molecular complexity index is 1760. The molecule has 0 spiro atoms. The van der Waals surface area contributed by atoms with Crippen molar-refractivity contribution in [3.05, 3.63) is 108 Å². The lowest BCUT2D eigenvalue weighted by Gasteiger charge is -2.14. The van der Waals surface area contributed by atoms with Crippen molar-refractivity contribution in [3.8, 4) is 28.5 Å². The topological polar surface area (TPSA) is 83.7 Å². The molecule has 0 bridgehead atoms. The number of rotatable bonds is 6. The van der Waals surface area contributed by atoms with E-state index in [1.165, 1.54) is 36.0 Å². The molecule has 2 aromatic heterocycles. The first-order valence-electron chi connectivity index (χ1n) is 11.3. The van der Waals surface area contributed by atoms with Crippen LogP contribution in [0.2, 0.25) is 0 Å². The average Bonchev–Trinajstić information content (AvgIpc) is 2.91. The standard InChI is InChI=1S/C29H20FN3O2S2/c1-37(34,35)25-14-9-19(10-15-25)26-16-22(17-31)29(33-28(26)21-6-11-23(30)12-7-21)36-18-24-13-8-20-4-2-3-5-27(20)32-24/h2-16H,18H2,1H3. The minimum Gasteiger partial charge on any atom is -0.252 e. The monoisotopic (exact) mass is 525 g/mol. The van der Waals surface area contributed by atoms with Gasteiger partial charge in [-0.2, -0.15) is 5.26 Å². The SMILES string of the molecule is CS(=O)(=O)c1ccc(-c2cc(C#N)c(SCc3ccc4ccccc4n3)nc2-c2ccc(F)cc2)cc1. The molecule has 0 N–H and O–H groups in total. The number of nitriles is 1. The van der Waals surface area contributed by atoms with Crippen LogP contribution in [0.15, 0.2) is 101 Å². The molecule has 3 aromatic carbocycles. The van der Waals surface area contributed by atoms with Crippen LogP contribution >= 0.6 is 11.8 Å². The molecule has 2 heterocycles. The molecule has 5 aromatic rings. The Hall–Kier alpha value is -4.06. The zero-order chi connectivity index (χ0) is 26.0. The fraction of sp³-hybridized carbons (Fsp3) is 0.0690. The molecule has 5 rings (SSSR count). The molecular weight excluding hydrogens is 505 g/mol. The molecule has 0 radical (unpaired) electrons. The summed E-state index contributed by atoms with van der Waals surface area (Å²) in [6, 6.07) is 28.3. The van der Waals surface area contributed by atoms with Crippen LogP contribution in [0.4, 0.5) is 4.39 Å². The van der Waals surface area contributed by atoms with Crippen molar-refractivity contribution in [1.82, 2.24) is 9.97 Å². The number of sulfone groups is 1. The average molecular weight is 526 g/mol. The van der Waals surface area contributed by atoms with Gasteiger partial charge in [0.15, 0.2) is 9.84 Å². The van der Waals surface area contributed by atoms with Gasteiger partial charge in [-0.25, -0.2) is 17.8 Å². The van der Waals surface area contributed by atoms with Gasteiger partial charge in [-0.1, -0.05) is 48.2 Å². The fourth-order valence-electron chi connectivity index (χ4n) is 3.95. The summed E-state index contributed by atoms with van der Waals surface area (Å²) < 4.78 is 37.5. The van der Waals surface area contributed by atoms with Crippen molar-refractivity contribution in [1.29, 1.82) is 5.26 Å². The zero-order valence-corrected chi connectivity index (χ0v) is 21.4. The maximum atomic E-state index is 13.7. The molecule has 0 saturated carbocycles. The number of aromatic nitrogens is 2. The molecule has 5 nitrogen and oxygen atoms in total. The van der Waals surface area contributed by atoms with E-state index in [4.69, 9.17) is 9.97 Å². The number of fused-ring (bicyclic) bond motifs is 1. The van der Waals surface area contributed by atoms with Crippen molar-refractivity contribution in [2.24, 2.45) is 0 Å². The van der Waals surface area contributed by atoms with Gasteiger partial charge >= 0.3 is 0 Å². The summed E-state index contributed by atoms with van der Waals surface area (Å²) >= 11 is 1.41. The highest BCUT2D eigenvalue weighted by Crippen LogP contribution is 2.36. The van der Waals surface area contributed by atoms with Crippen molar-refractivity contribution in [2.75, 3.05) is 6.26 Å². The van der Waals surface area contributed by atoms with Crippen LogP contribution in [0.5, 0.6) is 0 Å². The Kier molecular flexibility index (Phi) is 6.74. The first-order chi connectivity index (χ1) is 17.8. The number of para-hydroxylation sites is 1. The Morgan fingerprint density at radius 2 is 1.59 bits per heavy atom. The van der Waals surface area contributed by atoms with Gasteiger partial charge < -0.3 is 0 Å². The lowest BCUT2D eigenvalue weighted by molar-refractivity contribution is 0.602. The van der Waals surface area contributed by atoms with Gasteiger partial charge in [0.1, 0.15) is 16.9 Å². The molecule has 37 heavy (non-hydrogen) atoms. The number of nitrogens with zero attached hydrogens (tertiary/aromatic N) is 3. The number of pyridine rings is 2. The third-order valence-corrected chi connectivity index (χ3v) is 7.99. The second-order valence-corrected chi connectivity index (χ2v) is 11.4. The highest BCUT2D eigenvalue weighted by atomic mass is 32.2. The maximum Gasteiger partial charge on any atom is 0.175 e. The fourth-order valence-corrected chi connectivity index (χ4v) is 5.44. The van der Waals surface area contributed by atoms with Gasteiger partial charge in [0.2, 0.25) is 0 Å². The highest BCUT2D eigenvalue weighted by Gasteiger charge is 2.17.